The molecule has 0 aliphatic rings. The number of carbonyl (C=O) groups is 1. The van der Waals surface area contributed by atoms with Crippen LogP contribution in [0.3, 0.4) is 0 Å². The molecule has 1 aromatic rings. The van der Waals surface area contributed by atoms with Gasteiger partial charge in [-0.05, 0) is 12.1 Å². The van der Waals surface area contributed by atoms with E-state index in [-0.39, 0.29) is 0 Å². The molecule has 1 rings (SSSR count). The Balaban J connectivity index is 2.72. The van der Waals surface area contributed by atoms with Gasteiger partial charge >= 0.3 is 6.09 Å². The van der Waals surface area contributed by atoms with E-state index < -0.39 is 6.09 Å². The Bertz CT molecular complexity index is 269. The highest BCUT2D eigenvalue weighted by Gasteiger charge is 1.88. The van der Waals surface area contributed by atoms with Crippen LogP contribution in [0.5, 0.6) is 0 Å². The van der Waals surface area contributed by atoms with E-state index in [1.165, 1.54) is 6.21 Å². The number of amides is 1. The quantitative estimate of drug-likeness (QED) is 0.611. The molecule has 11 heavy (non-hydrogen) atoms. The summed E-state index contributed by atoms with van der Waals surface area (Å²) in [6.45, 7) is 0. The van der Waals surface area contributed by atoms with Crippen molar-refractivity contribution in [3.8, 4) is 0 Å². The lowest BCUT2D eigenvalue weighted by Crippen LogP contribution is -1.89. The fourth-order valence-corrected chi connectivity index (χ4v) is 0.574. The maximum absolute atomic E-state index is 9.95. The Hall–Kier alpha value is -1.71. The monoisotopic (exact) mass is 150 g/mol. The summed E-state index contributed by atoms with van der Waals surface area (Å²) in [5.74, 6) is 0. The normalized spacial score (nSPS) is 10.2. The molecule has 4 heteroatoms. The van der Waals surface area contributed by atoms with Crippen LogP contribution in [0.2, 0.25) is 0 Å². The number of carboxylic acid groups (broad SMARTS) is 1. The second-order valence-electron chi connectivity index (χ2n) is 1.80. The second kappa shape index (κ2) is 3.46. The molecular weight excluding hydrogens is 144 g/mol. The van der Waals surface area contributed by atoms with Gasteiger partial charge in [0, 0.05) is 6.20 Å². The Morgan fingerprint density at radius 3 is 3.00 bits per heavy atom. The van der Waals surface area contributed by atoms with Gasteiger partial charge in [0.25, 0.3) is 0 Å². The molecule has 0 aromatic carbocycles. The molecule has 0 aliphatic carbocycles. The van der Waals surface area contributed by atoms with E-state index in [1.54, 1.807) is 24.4 Å². The first-order valence-corrected chi connectivity index (χ1v) is 2.97. The Kier molecular flexibility index (Phi) is 2.32. The molecule has 0 bridgehead atoms. The molecule has 4 nitrogen and oxygen atoms in total. The molecule has 0 saturated carbocycles. The van der Waals surface area contributed by atoms with E-state index in [9.17, 15) is 4.79 Å². The average molecular weight is 150 g/mol. The standard InChI is InChI=1S/C7H6N2O2/c10-7(11)9-5-6-3-1-2-4-8-6/h1-5H,(H,10,11)/b9-5+. The average Bonchev–Trinajstić information content (AvgIpc) is 2.03. The zero-order chi connectivity index (χ0) is 8.10. The van der Waals surface area contributed by atoms with Crippen molar-refractivity contribution in [1.29, 1.82) is 0 Å². The van der Waals surface area contributed by atoms with Crippen molar-refractivity contribution < 1.29 is 9.90 Å². The molecule has 56 valence electrons. The second-order valence-corrected chi connectivity index (χ2v) is 1.80. The molecule has 0 saturated heterocycles. The number of aromatic nitrogens is 1. The van der Waals surface area contributed by atoms with E-state index in [4.69, 9.17) is 5.11 Å². The van der Waals surface area contributed by atoms with Crippen LogP contribution in [-0.2, 0) is 0 Å². The van der Waals surface area contributed by atoms with Crippen LogP contribution in [0, 0.1) is 0 Å². The lowest BCUT2D eigenvalue weighted by molar-refractivity contribution is 0.206. The molecule has 0 aliphatic heterocycles. The molecule has 1 N–H and O–H groups in total. The number of rotatable bonds is 1. The predicted molar refractivity (Wildman–Crippen MR) is 39.9 cm³/mol. The van der Waals surface area contributed by atoms with E-state index in [0.717, 1.165) is 0 Å². The summed E-state index contributed by atoms with van der Waals surface area (Å²) < 4.78 is 0. The van der Waals surface area contributed by atoms with Gasteiger partial charge in [0.1, 0.15) is 0 Å². The summed E-state index contributed by atoms with van der Waals surface area (Å²) in [6.07, 6.45) is 1.56. The number of hydrogen-bond acceptors (Lipinski definition) is 2. The van der Waals surface area contributed by atoms with Crippen molar-refractivity contribution in [2.75, 3.05) is 0 Å². The zero-order valence-electron chi connectivity index (χ0n) is 5.64. The molecule has 0 fully saturated rings. The van der Waals surface area contributed by atoms with Crippen LogP contribution in [0.1, 0.15) is 5.69 Å². The minimum absolute atomic E-state index is 0.537. The van der Waals surface area contributed by atoms with E-state index in [0.29, 0.717) is 5.69 Å². The van der Waals surface area contributed by atoms with Crippen LogP contribution in [-0.4, -0.2) is 22.4 Å². The van der Waals surface area contributed by atoms with Crippen molar-refractivity contribution in [2.45, 2.75) is 0 Å². The molecule has 0 spiro atoms. The summed E-state index contributed by atoms with van der Waals surface area (Å²) in [4.78, 5) is 16.9. The van der Waals surface area contributed by atoms with Crippen LogP contribution in [0.25, 0.3) is 0 Å². The third-order valence-electron chi connectivity index (χ3n) is 0.995. The van der Waals surface area contributed by atoms with E-state index in [2.05, 4.69) is 9.98 Å². The lowest BCUT2D eigenvalue weighted by Gasteiger charge is -1.86. The van der Waals surface area contributed by atoms with Crippen molar-refractivity contribution in [3.63, 3.8) is 0 Å². The fourth-order valence-electron chi connectivity index (χ4n) is 0.574. The maximum atomic E-state index is 9.95. The van der Waals surface area contributed by atoms with E-state index >= 15 is 0 Å². The number of hydrogen-bond donors (Lipinski definition) is 1. The molecule has 0 atom stereocenters. The van der Waals surface area contributed by atoms with Crippen molar-refractivity contribution >= 4 is 12.3 Å². The minimum atomic E-state index is -1.21. The third kappa shape index (κ3) is 2.57. The van der Waals surface area contributed by atoms with Gasteiger partial charge < -0.3 is 5.11 Å². The highest BCUT2D eigenvalue weighted by Crippen LogP contribution is 1.88. The van der Waals surface area contributed by atoms with Gasteiger partial charge in [-0.25, -0.2) is 4.79 Å². The van der Waals surface area contributed by atoms with Crippen molar-refractivity contribution in [2.24, 2.45) is 4.99 Å². The van der Waals surface area contributed by atoms with Crippen LogP contribution >= 0.6 is 0 Å². The van der Waals surface area contributed by atoms with Crippen LogP contribution < -0.4 is 0 Å². The van der Waals surface area contributed by atoms with Gasteiger partial charge in [-0.3, -0.25) is 4.98 Å². The number of aliphatic imine (C=N–C) groups is 1. The molecular formula is C7H6N2O2. The van der Waals surface area contributed by atoms with Gasteiger partial charge in [-0.15, -0.1) is 0 Å². The largest absolute Gasteiger partial charge is 0.463 e. The first-order valence-electron chi connectivity index (χ1n) is 2.97. The van der Waals surface area contributed by atoms with Gasteiger partial charge in [0.05, 0.1) is 11.9 Å². The summed E-state index contributed by atoms with van der Waals surface area (Å²) in [7, 11) is 0. The van der Waals surface area contributed by atoms with Gasteiger partial charge in [-0.2, -0.15) is 4.99 Å². The summed E-state index contributed by atoms with van der Waals surface area (Å²) in [5, 5.41) is 8.15. The fraction of sp³-hybridized carbons (Fsp3) is 0. The van der Waals surface area contributed by atoms with Gasteiger partial charge in [0.15, 0.2) is 0 Å². The zero-order valence-corrected chi connectivity index (χ0v) is 5.64. The Labute approximate surface area is 63.2 Å². The molecule has 1 aromatic heterocycles. The highest BCUT2D eigenvalue weighted by atomic mass is 16.4. The van der Waals surface area contributed by atoms with E-state index in [1.807, 2.05) is 0 Å². The van der Waals surface area contributed by atoms with Crippen LogP contribution in [0.4, 0.5) is 4.79 Å². The smallest absolute Gasteiger partial charge is 0.431 e. The summed E-state index contributed by atoms with van der Waals surface area (Å²) >= 11 is 0. The molecule has 0 radical (unpaired) electrons. The predicted octanol–water partition coefficient (Wildman–Crippen LogP) is 1.18. The Morgan fingerprint density at radius 1 is 1.64 bits per heavy atom. The highest BCUT2D eigenvalue weighted by molar-refractivity contribution is 5.86. The minimum Gasteiger partial charge on any atom is -0.463 e. The first-order chi connectivity index (χ1) is 5.29. The SMILES string of the molecule is O=C(O)/N=C/c1ccccn1. The first kappa shape index (κ1) is 7.40. The topological polar surface area (TPSA) is 62.5 Å². The maximum Gasteiger partial charge on any atom is 0.431 e. The molecule has 0 unspecified atom stereocenters. The Morgan fingerprint density at radius 2 is 2.45 bits per heavy atom. The number of pyridine rings is 1. The lowest BCUT2D eigenvalue weighted by atomic mass is 10.4. The van der Waals surface area contributed by atoms with Crippen LogP contribution in [0.15, 0.2) is 29.4 Å². The summed E-state index contributed by atoms with van der Waals surface area (Å²) in [5.41, 5.74) is 0.537. The summed E-state index contributed by atoms with van der Waals surface area (Å²) in [6, 6.07) is 5.18. The van der Waals surface area contributed by atoms with Gasteiger partial charge in [0.2, 0.25) is 0 Å². The van der Waals surface area contributed by atoms with Crippen molar-refractivity contribution in [3.05, 3.63) is 30.1 Å². The molecule has 1 heterocycles. The molecule has 1 amide bonds. The van der Waals surface area contributed by atoms with Crippen molar-refractivity contribution in [1.82, 2.24) is 4.98 Å². The van der Waals surface area contributed by atoms with Gasteiger partial charge in [-0.1, -0.05) is 6.07 Å². The third-order valence-corrected chi connectivity index (χ3v) is 0.995. The number of nitrogens with zero attached hydrogens (tertiary/aromatic N) is 2.